The van der Waals surface area contributed by atoms with Crippen molar-refractivity contribution in [1.29, 1.82) is 0 Å². The minimum Gasteiger partial charge on any atom is -0.453 e. The summed E-state index contributed by atoms with van der Waals surface area (Å²) < 4.78 is 11.8. The Morgan fingerprint density at radius 2 is 1.76 bits per heavy atom. The van der Waals surface area contributed by atoms with Gasteiger partial charge in [-0.2, -0.15) is 0 Å². The number of amides is 1. The van der Waals surface area contributed by atoms with Crippen LogP contribution in [0.2, 0.25) is 0 Å². The number of benzene rings is 2. The van der Waals surface area contributed by atoms with Crippen molar-refractivity contribution in [2.45, 2.75) is 0 Å². The molecule has 2 aromatic heterocycles. The lowest BCUT2D eigenvalue weighted by atomic mass is 10.2. The summed E-state index contributed by atoms with van der Waals surface area (Å²) in [5.74, 6) is 1.38. The minimum atomic E-state index is -0.476. The number of carbonyl (C=O) groups is 1. The van der Waals surface area contributed by atoms with Crippen LogP contribution in [0, 0.1) is 0 Å². The summed E-state index contributed by atoms with van der Waals surface area (Å²) in [7, 11) is 0. The average molecular weight is 330 g/mol. The molecule has 4 aromatic rings. The fourth-order valence-electron chi connectivity index (χ4n) is 2.55. The highest BCUT2D eigenvalue weighted by atomic mass is 16.5. The molecule has 0 aliphatic rings. The Morgan fingerprint density at radius 3 is 2.48 bits per heavy atom. The number of aromatic nitrogens is 1. The van der Waals surface area contributed by atoms with Crippen LogP contribution in [0.5, 0.6) is 11.5 Å². The van der Waals surface area contributed by atoms with Gasteiger partial charge in [0.2, 0.25) is 5.91 Å². The molecule has 2 heterocycles. The molecule has 0 aliphatic carbocycles. The third kappa shape index (κ3) is 2.95. The van der Waals surface area contributed by atoms with E-state index in [0.717, 1.165) is 11.3 Å². The van der Waals surface area contributed by atoms with Gasteiger partial charge >= 0.3 is 0 Å². The lowest BCUT2D eigenvalue weighted by Crippen LogP contribution is -2.10. The normalized spacial score (nSPS) is 10.7. The second kappa shape index (κ2) is 6.13. The van der Waals surface area contributed by atoms with Gasteiger partial charge in [-0.3, -0.25) is 9.78 Å². The summed E-state index contributed by atoms with van der Waals surface area (Å²) >= 11 is 0. The predicted molar refractivity (Wildman–Crippen MR) is 94.5 cm³/mol. The number of nitrogens with zero attached hydrogens (tertiary/aromatic N) is 1. The van der Waals surface area contributed by atoms with Crippen molar-refractivity contribution in [3.63, 3.8) is 0 Å². The number of nitrogens with two attached hydrogens (primary N) is 1. The van der Waals surface area contributed by atoms with Gasteiger partial charge in [-0.1, -0.05) is 30.3 Å². The monoisotopic (exact) mass is 330 g/mol. The van der Waals surface area contributed by atoms with Crippen LogP contribution in [-0.2, 0) is 0 Å². The van der Waals surface area contributed by atoms with Gasteiger partial charge in [0.1, 0.15) is 17.0 Å². The Kier molecular flexibility index (Phi) is 3.67. The molecule has 2 N–H and O–H groups in total. The van der Waals surface area contributed by atoms with E-state index < -0.39 is 5.91 Å². The van der Waals surface area contributed by atoms with Crippen LogP contribution < -0.4 is 10.5 Å². The van der Waals surface area contributed by atoms with Gasteiger partial charge in [0.25, 0.3) is 0 Å². The van der Waals surface area contributed by atoms with Gasteiger partial charge < -0.3 is 14.9 Å². The molecule has 0 saturated carbocycles. The Morgan fingerprint density at radius 1 is 1.00 bits per heavy atom. The van der Waals surface area contributed by atoms with Crippen LogP contribution in [0.15, 0.2) is 77.3 Å². The summed E-state index contributed by atoms with van der Waals surface area (Å²) in [5.41, 5.74) is 7.93. The van der Waals surface area contributed by atoms with Crippen LogP contribution in [0.3, 0.4) is 0 Å². The molecular formula is C20H14N2O3. The summed E-state index contributed by atoms with van der Waals surface area (Å²) in [6.07, 6.45) is 1.67. The Labute approximate surface area is 143 Å². The number of pyridine rings is 1. The number of hydrogen-bond donors (Lipinski definition) is 1. The SMILES string of the molecule is NC(=O)c1ccc(Oc2ccnc3cc(-c4ccccc4)oc23)cc1. The first-order valence-electron chi connectivity index (χ1n) is 7.72. The Balaban J connectivity index is 1.70. The molecule has 25 heavy (non-hydrogen) atoms. The average Bonchev–Trinajstić information content (AvgIpc) is 3.08. The zero-order valence-electron chi connectivity index (χ0n) is 13.2. The first kappa shape index (κ1) is 15.0. The van der Waals surface area contributed by atoms with E-state index in [2.05, 4.69) is 4.98 Å². The van der Waals surface area contributed by atoms with E-state index in [1.54, 1.807) is 36.5 Å². The zero-order chi connectivity index (χ0) is 17.2. The van der Waals surface area contributed by atoms with E-state index in [9.17, 15) is 4.79 Å². The fraction of sp³-hybridized carbons (Fsp3) is 0. The highest BCUT2D eigenvalue weighted by Gasteiger charge is 2.12. The molecule has 0 radical (unpaired) electrons. The maximum atomic E-state index is 11.1. The number of rotatable bonds is 4. The van der Waals surface area contributed by atoms with Gasteiger partial charge in [0, 0.05) is 29.5 Å². The largest absolute Gasteiger partial charge is 0.453 e. The number of carbonyl (C=O) groups excluding carboxylic acids is 1. The quantitative estimate of drug-likeness (QED) is 0.602. The second-order valence-electron chi connectivity index (χ2n) is 5.49. The van der Waals surface area contributed by atoms with Crippen LogP contribution in [-0.4, -0.2) is 10.9 Å². The lowest BCUT2D eigenvalue weighted by Gasteiger charge is -2.06. The first-order chi connectivity index (χ1) is 12.2. The molecular weight excluding hydrogens is 316 g/mol. The third-order valence-electron chi connectivity index (χ3n) is 3.80. The maximum absolute atomic E-state index is 11.1. The molecule has 5 heteroatoms. The van der Waals surface area contributed by atoms with Gasteiger partial charge in [-0.05, 0) is 24.3 Å². The Bertz CT molecular complexity index is 1040. The van der Waals surface area contributed by atoms with Gasteiger partial charge in [0.15, 0.2) is 11.3 Å². The van der Waals surface area contributed by atoms with E-state index in [1.807, 2.05) is 36.4 Å². The predicted octanol–water partition coefficient (Wildman–Crippen LogP) is 4.39. The summed E-state index contributed by atoms with van der Waals surface area (Å²) in [6.45, 7) is 0. The molecule has 0 atom stereocenters. The van der Waals surface area contributed by atoms with Crippen molar-refractivity contribution in [2.24, 2.45) is 5.73 Å². The summed E-state index contributed by atoms with van der Waals surface area (Å²) in [6, 6.07) is 20.0. The lowest BCUT2D eigenvalue weighted by molar-refractivity contribution is 0.100. The van der Waals surface area contributed by atoms with Crippen LogP contribution >= 0.6 is 0 Å². The fourth-order valence-corrected chi connectivity index (χ4v) is 2.55. The zero-order valence-corrected chi connectivity index (χ0v) is 13.2. The smallest absolute Gasteiger partial charge is 0.248 e. The molecule has 1 amide bonds. The van der Waals surface area contributed by atoms with Crippen molar-refractivity contribution < 1.29 is 13.9 Å². The van der Waals surface area contributed by atoms with Gasteiger partial charge in [0.05, 0.1) is 0 Å². The van der Waals surface area contributed by atoms with E-state index in [1.165, 1.54) is 0 Å². The first-order valence-corrected chi connectivity index (χ1v) is 7.72. The summed E-state index contributed by atoms with van der Waals surface area (Å²) in [4.78, 5) is 15.5. The number of primary amides is 1. The van der Waals surface area contributed by atoms with Crippen molar-refractivity contribution in [3.05, 3.63) is 78.5 Å². The standard InChI is InChI=1S/C20H14N2O3/c21-20(23)14-6-8-15(9-7-14)24-17-10-11-22-16-12-18(25-19(16)17)13-4-2-1-3-5-13/h1-12H,(H2,21,23). The molecule has 0 unspecified atom stereocenters. The number of hydrogen-bond acceptors (Lipinski definition) is 4. The number of furan rings is 1. The van der Waals surface area contributed by atoms with Crippen molar-refractivity contribution in [1.82, 2.24) is 4.98 Å². The van der Waals surface area contributed by atoms with Crippen molar-refractivity contribution in [2.75, 3.05) is 0 Å². The highest BCUT2D eigenvalue weighted by molar-refractivity contribution is 5.92. The number of ether oxygens (including phenoxy) is 1. The van der Waals surface area contributed by atoms with E-state index >= 15 is 0 Å². The van der Waals surface area contributed by atoms with Gasteiger partial charge in [-0.15, -0.1) is 0 Å². The van der Waals surface area contributed by atoms with Crippen LogP contribution in [0.1, 0.15) is 10.4 Å². The van der Waals surface area contributed by atoms with Crippen molar-refractivity contribution in [3.8, 4) is 22.8 Å². The number of fused-ring (bicyclic) bond motifs is 1. The van der Waals surface area contributed by atoms with E-state index in [4.69, 9.17) is 14.9 Å². The third-order valence-corrected chi connectivity index (χ3v) is 3.80. The second-order valence-corrected chi connectivity index (χ2v) is 5.49. The summed E-state index contributed by atoms with van der Waals surface area (Å²) in [5, 5.41) is 0. The van der Waals surface area contributed by atoms with Crippen molar-refractivity contribution >= 4 is 17.0 Å². The van der Waals surface area contributed by atoms with Crippen LogP contribution in [0.25, 0.3) is 22.4 Å². The highest BCUT2D eigenvalue weighted by Crippen LogP contribution is 2.34. The Hall–Kier alpha value is -3.60. The van der Waals surface area contributed by atoms with E-state index in [-0.39, 0.29) is 0 Å². The molecule has 4 rings (SSSR count). The topological polar surface area (TPSA) is 78.4 Å². The van der Waals surface area contributed by atoms with E-state index in [0.29, 0.717) is 28.2 Å². The molecule has 0 spiro atoms. The molecule has 0 saturated heterocycles. The molecule has 0 fully saturated rings. The molecule has 122 valence electrons. The van der Waals surface area contributed by atoms with Crippen LogP contribution in [0.4, 0.5) is 0 Å². The minimum absolute atomic E-state index is 0.427. The van der Waals surface area contributed by atoms with Gasteiger partial charge in [-0.25, -0.2) is 0 Å². The molecule has 0 aliphatic heterocycles. The maximum Gasteiger partial charge on any atom is 0.248 e. The molecule has 0 bridgehead atoms. The molecule has 2 aromatic carbocycles. The molecule has 5 nitrogen and oxygen atoms in total.